The molecule has 2 fully saturated rings. The Balaban J connectivity index is 1.85. The van der Waals surface area contributed by atoms with Crippen LogP contribution < -0.4 is 5.32 Å². The van der Waals surface area contributed by atoms with E-state index in [2.05, 4.69) is 5.32 Å². The Morgan fingerprint density at radius 2 is 2.00 bits per heavy atom. The number of carbonyl (C=O) groups is 2. The van der Waals surface area contributed by atoms with E-state index in [1.807, 2.05) is 0 Å². The molecular weight excluding hydrogens is 247 g/mol. The predicted octanol–water partition coefficient (Wildman–Crippen LogP) is 1.06. The van der Waals surface area contributed by atoms with E-state index in [1.54, 1.807) is 18.2 Å². The highest BCUT2D eigenvalue weighted by molar-refractivity contribution is 5.95. The monoisotopic (exact) mass is 262 g/mol. The minimum atomic E-state index is -0.430. The van der Waals surface area contributed by atoms with Gasteiger partial charge in [-0.25, -0.2) is 4.39 Å². The molecule has 3 rings (SSSR count). The van der Waals surface area contributed by atoms with Gasteiger partial charge < -0.3 is 10.2 Å². The van der Waals surface area contributed by atoms with Crippen molar-refractivity contribution in [2.45, 2.75) is 25.4 Å². The molecule has 1 aliphatic heterocycles. The molecule has 0 aromatic heterocycles. The summed E-state index contributed by atoms with van der Waals surface area (Å²) in [6, 6.07) is 5.94. The summed E-state index contributed by atoms with van der Waals surface area (Å²) >= 11 is 0. The molecule has 0 spiro atoms. The first-order valence-electron chi connectivity index (χ1n) is 6.47. The van der Waals surface area contributed by atoms with E-state index in [4.69, 9.17) is 0 Å². The summed E-state index contributed by atoms with van der Waals surface area (Å²) in [5.41, 5.74) is 0.455. The van der Waals surface area contributed by atoms with Crippen LogP contribution >= 0.6 is 0 Å². The fourth-order valence-electron chi connectivity index (χ4n) is 2.54. The van der Waals surface area contributed by atoms with Crippen molar-refractivity contribution in [1.29, 1.82) is 0 Å². The maximum atomic E-state index is 13.7. The van der Waals surface area contributed by atoms with Crippen molar-refractivity contribution in [1.82, 2.24) is 10.2 Å². The summed E-state index contributed by atoms with van der Waals surface area (Å²) in [6.07, 6.45) is 1.91. The van der Waals surface area contributed by atoms with Gasteiger partial charge in [0.15, 0.2) is 0 Å². The third kappa shape index (κ3) is 2.32. The lowest BCUT2D eigenvalue weighted by Crippen LogP contribution is -2.58. The Morgan fingerprint density at radius 3 is 2.68 bits per heavy atom. The number of piperazine rings is 1. The molecule has 1 unspecified atom stereocenters. The summed E-state index contributed by atoms with van der Waals surface area (Å²) in [6.45, 7) is 0.177. The van der Waals surface area contributed by atoms with Crippen molar-refractivity contribution in [2.24, 2.45) is 5.92 Å². The van der Waals surface area contributed by atoms with Crippen LogP contribution in [0.5, 0.6) is 0 Å². The van der Waals surface area contributed by atoms with Gasteiger partial charge in [-0.15, -0.1) is 0 Å². The molecule has 100 valence electrons. The van der Waals surface area contributed by atoms with Crippen LogP contribution in [0.25, 0.3) is 0 Å². The van der Waals surface area contributed by atoms with Crippen molar-refractivity contribution < 1.29 is 14.0 Å². The fourth-order valence-corrected chi connectivity index (χ4v) is 2.54. The van der Waals surface area contributed by atoms with Crippen molar-refractivity contribution in [2.75, 3.05) is 6.54 Å². The Morgan fingerprint density at radius 1 is 1.26 bits per heavy atom. The van der Waals surface area contributed by atoms with Gasteiger partial charge in [0.25, 0.3) is 0 Å². The van der Waals surface area contributed by atoms with E-state index in [-0.39, 0.29) is 36.6 Å². The molecule has 19 heavy (non-hydrogen) atoms. The third-order valence-corrected chi connectivity index (χ3v) is 3.71. The van der Waals surface area contributed by atoms with Gasteiger partial charge in [0.1, 0.15) is 11.9 Å². The summed E-state index contributed by atoms with van der Waals surface area (Å²) in [4.78, 5) is 25.4. The van der Waals surface area contributed by atoms with Crippen LogP contribution in [0.3, 0.4) is 0 Å². The molecule has 1 atom stereocenters. The number of amides is 2. The van der Waals surface area contributed by atoms with Crippen LogP contribution in [0, 0.1) is 11.7 Å². The summed E-state index contributed by atoms with van der Waals surface area (Å²) in [5.74, 6) is -0.356. The van der Waals surface area contributed by atoms with E-state index >= 15 is 0 Å². The number of carbonyl (C=O) groups excluding carboxylic acids is 2. The third-order valence-electron chi connectivity index (χ3n) is 3.71. The normalized spacial score (nSPS) is 23.4. The number of benzene rings is 1. The molecule has 5 heteroatoms. The molecule has 1 aromatic carbocycles. The zero-order valence-corrected chi connectivity index (χ0v) is 10.4. The minimum Gasteiger partial charge on any atom is -0.345 e. The molecule has 1 saturated carbocycles. The molecule has 4 nitrogen and oxygen atoms in total. The zero-order valence-electron chi connectivity index (χ0n) is 10.4. The van der Waals surface area contributed by atoms with E-state index in [1.165, 1.54) is 11.0 Å². The zero-order chi connectivity index (χ0) is 13.4. The van der Waals surface area contributed by atoms with E-state index in [0.717, 1.165) is 12.8 Å². The maximum absolute atomic E-state index is 13.7. The average molecular weight is 262 g/mol. The lowest BCUT2D eigenvalue weighted by atomic mass is 10.1. The van der Waals surface area contributed by atoms with Crippen molar-refractivity contribution in [3.05, 3.63) is 35.6 Å². The summed E-state index contributed by atoms with van der Waals surface area (Å²) in [5, 5.41) is 2.61. The number of nitrogens with zero attached hydrogens (tertiary/aromatic N) is 1. The largest absolute Gasteiger partial charge is 0.345 e. The lowest BCUT2D eigenvalue weighted by Gasteiger charge is -2.35. The molecule has 1 heterocycles. The smallest absolute Gasteiger partial charge is 0.243 e. The molecule has 0 radical (unpaired) electrons. The highest BCUT2D eigenvalue weighted by Gasteiger charge is 2.44. The molecule has 0 bridgehead atoms. The fraction of sp³-hybridized carbons (Fsp3) is 0.429. The SMILES string of the molecule is O=C1NCC(=O)N(Cc2ccccc2F)C1C1CC1. The number of halogens is 1. The molecule has 1 N–H and O–H groups in total. The average Bonchev–Trinajstić information content (AvgIpc) is 3.21. The van der Waals surface area contributed by atoms with Crippen LogP contribution in [-0.2, 0) is 16.1 Å². The molecule has 1 saturated heterocycles. The van der Waals surface area contributed by atoms with E-state index in [0.29, 0.717) is 5.56 Å². The van der Waals surface area contributed by atoms with Gasteiger partial charge in [-0.2, -0.15) is 0 Å². The van der Waals surface area contributed by atoms with Gasteiger partial charge in [0.2, 0.25) is 11.8 Å². The van der Waals surface area contributed by atoms with Crippen LogP contribution in [0.4, 0.5) is 4.39 Å². The molecule has 2 aliphatic rings. The Bertz CT molecular complexity index is 528. The quantitative estimate of drug-likeness (QED) is 0.885. The Hall–Kier alpha value is -1.91. The Labute approximate surface area is 110 Å². The van der Waals surface area contributed by atoms with Gasteiger partial charge >= 0.3 is 0 Å². The van der Waals surface area contributed by atoms with Gasteiger partial charge in [-0.3, -0.25) is 9.59 Å². The first-order chi connectivity index (χ1) is 9.16. The van der Waals surface area contributed by atoms with Crippen LogP contribution in [0.15, 0.2) is 24.3 Å². The second-order valence-corrected chi connectivity index (χ2v) is 5.11. The van der Waals surface area contributed by atoms with Gasteiger partial charge in [-0.05, 0) is 24.8 Å². The van der Waals surface area contributed by atoms with Gasteiger partial charge in [0.05, 0.1) is 6.54 Å². The highest BCUT2D eigenvalue weighted by Crippen LogP contribution is 2.37. The first-order valence-corrected chi connectivity index (χ1v) is 6.47. The number of rotatable bonds is 3. The van der Waals surface area contributed by atoms with Crippen LogP contribution in [0.1, 0.15) is 18.4 Å². The second kappa shape index (κ2) is 4.64. The van der Waals surface area contributed by atoms with E-state index < -0.39 is 6.04 Å². The second-order valence-electron chi connectivity index (χ2n) is 5.11. The standard InChI is InChI=1S/C14H15FN2O2/c15-11-4-2-1-3-10(11)8-17-12(18)7-16-14(19)13(17)9-5-6-9/h1-4,9,13H,5-8H2,(H,16,19). The van der Waals surface area contributed by atoms with Crippen LogP contribution in [-0.4, -0.2) is 29.3 Å². The van der Waals surface area contributed by atoms with E-state index in [9.17, 15) is 14.0 Å². The number of hydrogen-bond donors (Lipinski definition) is 1. The predicted molar refractivity (Wildman–Crippen MR) is 66.5 cm³/mol. The van der Waals surface area contributed by atoms with Crippen molar-refractivity contribution in [3.63, 3.8) is 0 Å². The topological polar surface area (TPSA) is 49.4 Å². The highest BCUT2D eigenvalue weighted by atomic mass is 19.1. The molecule has 1 aliphatic carbocycles. The lowest BCUT2D eigenvalue weighted by molar-refractivity contribution is -0.147. The number of hydrogen-bond acceptors (Lipinski definition) is 2. The first kappa shape index (κ1) is 12.1. The minimum absolute atomic E-state index is 0.0104. The van der Waals surface area contributed by atoms with Gasteiger partial charge in [-0.1, -0.05) is 18.2 Å². The maximum Gasteiger partial charge on any atom is 0.243 e. The molecule has 1 aromatic rings. The number of nitrogens with one attached hydrogen (secondary N) is 1. The summed E-state index contributed by atoms with van der Waals surface area (Å²) < 4.78 is 13.7. The van der Waals surface area contributed by atoms with Crippen molar-refractivity contribution in [3.8, 4) is 0 Å². The molecule has 2 amide bonds. The van der Waals surface area contributed by atoms with Gasteiger partial charge in [0, 0.05) is 12.1 Å². The molecular formula is C14H15FN2O2. The Kier molecular flexibility index (Phi) is 2.97. The van der Waals surface area contributed by atoms with Crippen LogP contribution in [0.2, 0.25) is 0 Å². The van der Waals surface area contributed by atoms with Crippen molar-refractivity contribution >= 4 is 11.8 Å². The summed E-state index contributed by atoms with van der Waals surface area (Å²) in [7, 11) is 0.